The molecule has 36 heavy (non-hydrogen) atoms. The first-order valence-corrected chi connectivity index (χ1v) is 13.1. The highest BCUT2D eigenvalue weighted by molar-refractivity contribution is 5.71. The zero-order valence-electron chi connectivity index (χ0n) is 21.2. The topological polar surface area (TPSA) is 9.23 Å². The predicted molar refractivity (Wildman–Crippen MR) is 142 cm³/mol. The molecule has 1 saturated heterocycles. The SMILES string of the molecule is CC=CCCC1CCC(c2ccc(-c3ccc(-c4ccc(CCCC)c(F)c4F)cc3)cc2F)CO1. The van der Waals surface area contributed by atoms with Crippen molar-refractivity contribution < 1.29 is 17.9 Å². The van der Waals surface area contributed by atoms with Gasteiger partial charge in [0, 0.05) is 11.5 Å². The van der Waals surface area contributed by atoms with E-state index < -0.39 is 11.6 Å². The largest absolute Gasteiger partial charge is 0.378 e. The van der Waals surface area contributed by atoms with Crippen LogP contribution in [-0.4, -0.2) is 12.7 Å². The van der Waals surface area contributed by atoms with E-state index in [1.807, 2.05) is 38.1 Å². The highest BCUT2D eigenvalue weighted by Crippen LogP contribution is 2.34. The maximum atomic E-state index is 15.1. The van der Waals surface area contributed by atoms with Crippen molar-refractivity contribution in [3.05, 3.63) is 95.3 Å². The van der Waals surface area contributed by atoms with Gasteiger partial charge in [-0.25, -0.2) is 13.2 Å². The van der Waals surface area contributed by atoms with Crippen molar-refractivity contribution in [3.8, 4) is 22.3 Å². The van der Waals surface area contributed by atoms with Crippen LogP contribution in [0.2, 0.25) is 0 Å². The predicted octanol–water partition coefficient (Wildman–Crippen LogP) is 9.40. The zero-order chi connectivity index (χ0) is 25.5. The molecule has 0 N–H and O–H groups in total. The lowest BCUT2D eigenvalue weighted by molar-refractivity contribution is -0.000797. The van der Waals surface area contributed by atoms with Crippen LogP contribution in [0, 0.1) is 17.5 Å². The molecule has 0 radical (unpaired) electrons. The zero-order valence-corrected chi connectivity index (χ0v) is 21.2. The second-order valence-electron chi connectivity index (χ2n) is 9.69. The van der Waals surface area contributed by atoms with Gasteiger partial charge in [-0.05, 0) is 79.3 Å². The standard InChI is InChI=1S/C32H35F3O/c1-3-5-7-9-27-17-14-26(21-36-27)28-18-16-25(20-30(28)33)22-10-12-23(13-11-22)29-19-15-24(8-6-4-2)31(34)32(29)35/h3,5,10-13,15-16,18-20,26-27H,4,6-9,14,17,21H2,1-2H3. The molecule has 2 atom stereocenters. The van der Waals surface area contributed by atoms with Crippen molar-refractivity contribution in [1.29, 1.82) is 0 Å². The van der Waals surface area contributed by atoms with Crippen LogP contribution in [0.15, 0.2) is 66.7 Å². The summed E-state index contributed by atoms with van der Waals surface area (Å²) in [6, 6.07) is 15.8. The van der Waals surface area contributed by atoms with Crippen molar-refractivity contribution in [2.45, 2.75) is 70.8 Å². The lowest BCUT2D eigenvalue weighted by Gasteiger charge is -2.29. The fraction of sp³-hybridized carbons (Fsp3) is 0.375. The molecule has 0 amide bonds. The molecule has 0 bridgehead atoms. The fourth-order valence-electron chi connectivity index (χ4n) is 4.98. The second kappa shape index (κ2) is 12.4. The van der Waals surface area contributed by atoms with E-state index in [4.69, 9.17) is 4.74 Å². The van der Waals surface area contributed by atoms with E-state index in [0.717, 1.165) is 49.7 Å². The monoisotopic (exact) mass is 492 g/mol. The molecule has 1 fully saturated rings. The van der Waals surface area contributed by atoms with Crippen LogP contribution < -0.4 is 0 Å². The minimum absolute atomic E-state index is 0.0672. The Labute approximate surface area is 213 Å². The summed E-state index contributed by atoms with van der Waals surface area (Å²) < 4.78 is 50.3. The highest BCUT2D eigenvalue weighted by atomic mass is 19.2. The van der Waals surface area contributed by atoms with Gasteiger partial charge in [0.15, 0.2) is 11.6 Å². The quantitative estimate of drug-likeness (QED) is 0.270. The molecule has 0 aliphatic carbocycles. The fourth-order valence-corrected chi connectivity index (χ4v) is 4.98. The molecule has 4 heteroatoms. The molecule has 1 aliphatic heterocycles. The van der Waals surface area contributed by atoms with Gasteiger partial charge in [0.2, 0.25) is 0 Å². The maximum absolute atomic E-state index is 15.1. The van der Waals surface area contributed by atoms with E-state index in [-0.39, 0.29) is 23.4 Å². The van der Waals surface area contributed by atoms with Crippen molar-refractivity contribution in [3.63, 3.8) is 0 Å². The minimum Gasteiger partial charge on any atom is -0.378 e. The first kappa shape index (κ1) is 26.2. The van der Waals surface area contributed by atoms with Gasteiger partial charge < -0.3 is 4.74 Å². The summed E-state index contributed by atoms with van der Waals surface area (Å²) in [7, 11) is 0. The summed E-state index contributed by atoms with van der Waals surface area (Å²) >= 11 is 0. The summed E-state index contributed by atoms with van der Waals surface area (Å²) in [6.45, 7) is 4.59. The van der Waals surface area contributed by atoms with Gasteiger partial charge >= 0.3 is 0 Å². The molecule has 3 aromatic carbocycles. The summed E-state index contributed by atoms with van der Waals surface area (Å²) in [5, 5.41) is 0. The van der Waals surface area contributed by atoms with Crippen LogP contribution in [0.5, 0.6) is 0 Å². The number of hydrogen-bond donors (Lipinski definition) is 0. The van der Waals surface area contributed by atoms with Crippen molar-refractivity contribution in [2.75, 3.05) is 6.61 Å². The number of benzene rings is 3. The molecule has 3 aromatic rings. The van der Waals surface area contributed by atoms with Gasteiger partial charge in [-0.1, -0.05) is 74.0 Å². The number of unbranched alkanes of at least 4 members (excludes halogenated alkanes) is 1. The summed E-state index contributed by atoms with van der Waals surface area (Å²) in [4.78, 5) is 0. The van der Waals surface area contributed by atoms with E-state index in [0.29, 0.717) is 29.7 Å². The third kappa shape index (κ3) is 6.10. The lowest BCUT2D eigenvalue weighted by atomic mass is 9.88. The lowest BCUT2D eigenvalue weighted by Crippen LogP contribution is -2.25. The Balaban J connectivity index is 1.44. The molecule has 4 rings (SSSR count). The van der Waals surface area contributed by atoms with Crippen LogP contribution in [0.4, 0.5) is 13.2 Å². The van der Waals surface area contributed by atoms with Crippen LogP contribution in [0.3, 0.4) is 0 Å². The molecule has 0 spiro atoms. The minimum atomic E-state index is -0.814. The first-order valence-electron chi connectivity index (χ1n) is 13.1. The molecule has 1 heterocycles. The van der Waals surface area contributed by atoms with Gasteiger partial charge in [-0.3, -0.25) is 0 Å². The van der Waals surface area contributed by atoms with Crippen LogP contribution >= 0.6 is 0 Å². The van der Waals surface area contributed by atoms with Crippen molar-refractivity contribution in [1.82, 2.24) is 0 Å². The van der Waals surface area contributed by atoms with Crippen LogP contribution in [0.1, 0.15) is 69.4 Å². The number of halogens is 3. The summed E-state index contributed by atoms with van der Waals surface area (Å²) in [5.41, 5.74) is 3.53. The number of aryl methyl sites for hydroxylation is 1. The Kier molecular flexibility index (Phi) is 9.03. The molecule has 1 aliphatic rings. The number of hydrogen-bond acceptors (Lipinski definition) is 1. The molecule has 1 nitrogen and oxygen atoms in total. The number of allylic oxidation sites excluding steroid dienone is 2. The Morgan fingerprint density at radius 1 is 0.889 bits per heavy atom. The van der Waals surface area contributed by atoms with E-state index in [9.17, 15) is 8.78 Å². The van der Waals surface area contributed by atoms with E-state index in [2.05, 4.69) is 12.2 Å². The average Bonchev–Trinajstić information content (AvgIpc) is 2.90. The first-order chi connectivity index (χ1) is 17.5. The Morgan fingerprint density at radius 2 is 1.64 bits per heavy atom. The van der Waals surface area contributed by atoms with E-state index in [1.54, 1.807) is 30.3 Å². The molecular weight excluding hydrogens is 457 g/mol. The summed E-state index contributed by atoms with van der Waals surface area (Å²) in [5.74, 6) is -1.74. The highest BCUT2D eigenvalue weighted by Gasteiger charge is 2.25. The normalized spacial score (nSPS) is 18.1. The molecule has 0 aromatic heterocycles. The third-order valence-electron chi connectivity index (χ3n) is 7.19. The van der Waals surface area contributed by atoms with Crippen LogP contribution in [0.25, 0.3) is 22.3 Å². The van der Waals surface area contributed by atoms with E-state index >= 15 is 4.39 Å². The van der Waals surface area contributed by atoms with Gasteiger partial charge in [0.1, 0.15) is 5.82 Å². The van der Waals surface area contributed by atoms with Crippen molar-refractivity contribution >= 4 is 0 Å². The van der Waals surface area contributed by atoms with Crippen molar-refractivity contribution in [2.24, 2.45) is 0 Å². The van der Waals surface area contributed by atoms with Crippen LogP contribution in [-0.2, 0) is 11.2 Å². The molecular formula is C32H35F3O. The van der Waals surface area contributed by atoms with Gasteiger partial charge in [0.25, 0.3) is 0 Å². The van der Waals surface area contributed by atoms with E-state index in [1.165, 1.54) is 0 Å². The summed E-state index contributed by atoms with van der Waals surface area (Å²) in [6.07, 6.45) is 10.6. The Morgan fingerprint density at radius 3 is 2.31 bits per heavy atom. The number of rotatable bonds is 9. The smallest absolute Gasteiger partial charge is 0.166 e. The Hall–Kier alpha value is -2.85. The molecule has 190 valence electrons. The van der Waals surface area contributed by atoms with Gasteiger partial charge in [-0.15, -0.1) is 0 Å². The molecule has 0 saturated carbocycles. The van der Waals surface area contributed by atoms with Gasteiger partial charge in [-0.2, -0.15) is 0 Å². The average molecular weight is 493 g/mol. The Bertz CT molecular complexity index is 1170. The number of ether oxygens (including phenoxy) is 1. The molecule has 2 unspecified atom stereocenters. The third-order valence-corrected chi connectivity index (χ3v) is 7.19. The maximum Gasteiger partial charge on any atom is 0.166 e. The second-order valence-corrected chi connectivity index (χ2v) is 9.69. The van der Waals surface area contributed by atoms with Gasteiger partial charge in [0.05, 0.1) is 12.7 Å².